The number of ether oxygens (including phenoxy) is 2. The third-order valence-electron chi connectivity index (χ3n) is 4.50. The maximum Gasteiger partial charge on any atom is 0.223 e. The van der Waals surface area contributed by atoms with Crippen LogP contribution in [0, 0.1) is 0 Å². The summed E-state index contributed by atoms with van der Waals surface area (Å²) < 4.78 is 13.0. The van der Waals surface area contributed by atoms with E-state index in [1.807, 2.05) is 47.4 Å². The number of hydrogen-bond acceptors (Lipinski definition) is 3. The number of carbonyl (C=O) groups excluding carboxylic acids is 1. The van der Waals surface area contributed by atoms with Crippen LogP contribution in [0.25, 0.3) is 0 Å². The molecular weight excluding hydrogens is 462 g/mol. The standard InChI is InChI=1S/C20H21Br2NO3/c1-25-18-8-2-14(12-17(18)22)3-9-20(24)23-10-11-26-19(13-23)15-4-6-16(21)7-5-15/h2,4-8,12,19H,3,9-11,13H2,1H3. The van der Waals surface area contributed by atoms with Gasteiger partial charge >= 0.3 is 0 Å². The van der Waals surface area contributed by atoms with E-state index >= 15 is 0 Å². The van der Waals surface area contributed by atoms with Crippen molar-refractivity contribution in [2.45, 2.75) is 18.9 Å². The van der Waals surface area contributed by atoms with Crippen molar-refractivity contribution in [3.63, 3.8) is 0 Å². The minimum atomic E-state index is -0.0593. The summed E-state index contributed by atoms with van der Waals surface area (Å²) >= 11 is 6.93. The number of rotatable bonds is 5. The van der Waals surface area contributed by atoms with Gasteiger partial charge in [-0.25, -0.2) is 0 Å². The van der Waals surface area contributed by atoms with Gasteiger partial charge in [0.2, 0.25) is 5.91 Å². The number of aryl methyl sites for hydroxylation is 1. The zero-order valence-electron chi connectivity index (χ0n) is 14.6. The summed E-state index contributed by atoms with van der Waals surface area (Å²) in [5.74, 6) is 0.966. The van der Waals surface area contributed by atoms with Gasteiger partial charge in [0.25, 0.3) is 0 Å². The lowest BCUT2D eigenvalue weighted by molar-refractivity contribution is -0.139. The molecule has 1 heterocycles. The van der Waals surface area contributed by atoms with Crippen LogP contribution in [0.5, 0.6) is 5.75 Å². The first-order chi connectivity index (χ1) is 12.6. The van der Waals surface area contributed by atoms with Crippen LogP contribution in [0.4, 0.5) is 0 Å². The molecule has 0 radical (unpaired) electrons. The van der Waals surface area contributed by atoms with Gasteiger partial charge in [0.05, 0.1) is 24.7 Å². The molecule has 138 valence electrons. The smallest absolute Gasteiger partial charge is 0.223 e. The van der Waals surface area contributed by atoms with E-state index < -0.39 is 0 Å². The zero-order valence-corrected chi connectivity index (χ0v) is 17.8. The molecule has 1 atom stereocenters. The van der Waals surface area contributed by atoms with Gasteiger partial charge < -0.3 is 14.4 Å². The molecule has 1 saturated heterocycles. The lowest BCUT2D eigenvalue weighted by Gasteiger charge is -2.33. The molecule has 1 aliphatic heterocycles. The van der Waals surface area contributed by atoms with Gasteiger partial charge in [-0.15, -0.1) is 0 Å². The maximum atomic E-state index is 12.6. The number of halogens is 2. The molecular formula is C20H21Br2NO3. The Bertz CT molecular complexity index is 764. The predicted octanol–water partition coefficient (Wildman–Crippen LogP) is 4.75. The Balaban J connectivity index is 1.57. The molecule has 1 amide bonds. The van der Waals surface area contributed by atoms with Gasteiger partial charge in [-0.2, -0.15) is 0 Å². The third-order valence-corrected chi connectivity index (χ3v) is 5.65. The summed E-state index contributed by atoms with van der Waals surface area (Å²) in [6, 6.07) is 14.0. The lowest BCUT2D eigenvalue weighted by atomic mass is 10.1. The molecule has 0 bridgehead atoms. The van der Waals surface area contributed by atoms with Crippen molar-refractivity contribution < 1.29 is 14.3 Å². The van der Waals surface area contributed by atoms with Gasteiger partial charge in [0, 0.05) is 17.4 Å². The number of amides is 1. The monoisotopic (exact) mass is 481 g/mol. The molecule has 2 aromatic rings. The zero-order chi connectivity index (χ0) is 18.5. The fraction of sp³-hybridized carbons (Fsp3) is 0.350. The van der Waals surface area contributed by atoms with Crippen LogP contribution in [-0.4, -0.2) is 37.6 Å². The molecule has 1 fully saturated rings. The highest BCUT2D eigenvalue weighted by Gasteiger charge is 2.25. The average molecular weight is 483 g/mol. The number of hydrogen-bond donors (Lipinski definition) is 0. The normalized spacial score (nSPS) is 17.2. The average Bonchev–Trinajstić information content (AvgIpc) is 2.67. The second-order valence-corrected chi connectivity index (χ2v) is 7.99. The highest BCUT2D eigenvalue weighted by Crippen LogP contribution is 2.27. The van der Waals surface area contributed by atoms with Crippen molar-refractivity contribution >= 4 is 37.8 Å². The summed E-state index contributed by atoms with van der Waals surface area (Å²) in [6.45, 7) is 1.82. The molecule has 0 spiro atoms. The Kier molecular flexibility index (Phi) is 6.73. The molecule has 3 rings (SSSR count). The Labute approximate surface area is 170 Å². The van der Waals surface area contributed by atoms with Gasteiger partial charge in [-0.1, -0.05) is 34.1 Å². The summed E-state index contributed by atoms with van der Waals surface area (Å²) in [5, 5.41) is 0. The largest absolute Gasteiger partial charge is 0.496 e. The van der Waals surface area contributed by atoms with Crippen molar-refractivity contribution in [3.05, 3.63) is 62.5 Å². The van der Waals surface area contributed by atoms with E-state index in [0.29, 0.717) is 32.5 Å². The second-order valence-electron chi connectivity index (χ2n) is 6.22. The highest BCUT2D eigenvalue weighted by molar-refractivity contribution is 9.10. The molecule has 0 aliphatic carbocycles. The van der Waals surface area contributed by atoms with E-state index in [2.05, 4.69) is 31.9 Å². The summed E-state index contributed by atoms with van der Waals surface area (Å²) in [4.78, 5) is 14.5. The summed E-state index contributed by atoms with van der Waals surface area (Å²) in [5.41, 5.74) is 2.22. The molecule has 0 aromatic heterocycles. The highest BCUT2D eigenvalue weighted by atomic mass is 79.9. The van der Waals surface area contributed by atoms with Crippen molar-refractivity contribution in [1.82, 2.24) is 4.90 Å². The minimum absolute atomic E-state index is 0.0593. The van der Waals surface area contributed by atoms with Gasteiger partial charge in [0.15, 0.2) is 0 Å². The third kappa shape index (κ3) is 4.87. The van der Waals surface area contributed by atoms with E-state index in [1.54, 1.807) is 7.11 Å². The van der Waals surface area contributed by atoms with E-state index in [1.165, 1.54) is 0 Å². The maximum absolute atomic E-state index is 12.6. The van der Waals surface area contributed by atoms with Gasteiger partial charge in [-0.3, -0.25) is 4.79 Å². The molecule has 6 heteroatoms. The topological polar surface area (TPSA) is 38.8 Å². The first kappa shape index (κ1) is 19.4. The molecule has 0 N–H and O–H groups in total. The quantitative estimate of drug-likeness (QED) is 0.617. The Morgan fingerprint density at radius 2 is 2.00 bits per heavy atom. The van der Waals surface area contributed by atoms with Gasteiger partial charge in [0.1, 0.15) is 11.9 Å². The number of nitrogens with zero attached hydrogens (tertiary/aromatic N) is 1. The van der Waals surface area contributed by atoms with Gasteiger partial charge in [-0.05, 0) is 57.7 Å². The molecule has 1 aliphatic rings. The predicted molar refractivity (Wildman–Crippen MR) is 108 cm³/mol. The van der Waals surface area contributed by atoms with Crippen LogP contribution in [0.3, 0.4) is 0 Å². The summed E-state index contributed by atoms with van der Waals surface area (Å²) in [7, 11) is 1.64. The van der Waals surface area contributed by atoms with Crippen LogP contribution in [0.2, 0.25) is 0 Å². The van der Waals surface area contributed by atoms with E-state index in [0.717, 1.165) is 25.8 Å². The lowest BCUT2D eigenvalue weighted by Crippen LogP contribution is -2.42. The van der Waals surface area contributed by atoms with Crippen molar-refractivity contribution in [3.8, 4) is 5.75 Å². The molecule has 0 saturated carbocycles. The van der Waals surface area contributed by atoms with Crippen molar-refractivity contribution in [2.75, 3.05) is 26.8 Å². The number of carbonyl (C=O) groups is 1. The first-order valence-electron chi connectivity index (χ1n) is 8.54. The van der Waals surface area contributed by atoms with Crippen LogP contribution < -0.4 is 4.74 Å². The van der Waals surface area contributed by atoms with Crippen LogP contribution >= 0.6 is 31.9 Å². The Morgan fingerprint density at radius 3 is 2.69 bits per heavy atom. The van der Waals surface area contributed by atoms with Crippen LogP contribution in [0.1, 0.15) is 23.7 Å². The number of methoxy groups -OCH3 is 1. The molecule has 1 unspecified atom stereocenters. The second kappa shape index (κ2) is 9.02. The van der Waals surface area contributed by atoms with Crippen molar-refractivity contribution in [1.29, 1.82) is 0 Å². The fourth-order valence-electron chi connectivity index (χ4n) is 3.03. The van der Waals surface area contributed by atoms with E-state index in [4.69, 9.17) is 9.47 Å². The summed E-state index contributed by atoms with van der Waals surface area (Å²) in [6.07, 6.45) is 1.14. The molecule has 2 aromatic carbocycles. The van der Waals surface area contributed by atoms with Crippen molar-refractivity contribution in [2.24, 2.45) is 0 Å². The van der Waals surface area contributed by atoms with Crippen LogP contribution in [0.15, 0.2) is 51.4 Å². The number of benzene rings is 2. The molecule has 4 nitrogen and oxygen atoms in total. The Hall–Kier alpha value is -1.37. The first-order valence-corrected chi connectivity index (χ1v) is 10.1. The fourth-order valence-corrected chi connectivity index (χ4v) is 3.88. The SMILES string of the molecule is COc1ccc(CCC(=O)N2CCOC(c3ccc(Br)cc3)C2)cc1Br. The van der Waals surface area contributed by atoms with E-state index in [9.17, 15) is 4.79 Å². The molecule has 26 heavy (non-hydrogen) atoms. The Morgan fingerprint density at radius 1 is 1.23 bits per heavy atom. The number of morpholine rings is 1. The van der Waals surface area contributed by atoms with Crippen LogP contribution in [-0.2, 0) is 16.0 Å². The minimum Gasteiger partial charge on any atom is -0.496 e. The van der Waals surface area contributed by atoms with E-state index in [-0.39, 0.29) is 12.0 Å².